The van der Waals surface area contributed by atoms with Crippen molar-refractivity contribution in [2.75, 3.05) is 25.5 Å². The van der Waals surface area contributed by atoms with Gasteiger partial charge in [-0.05, 0) is 36.1 Å². The molecule has 0 heterocycles. The van der Waals surface area contributed by atoms with Crippen LogP contribution < -0.4 is 48.3 Å². The summed E-state index contributed by atoms with van der Waals surface area (Å²) in [7, 11) is 0. The molecular formula is C41H57N9O15S. The number of hydrogen-bond donors (Lipinski definition) is 15. The quantitative estimate of drug-likeness (QED) is 0.0374. The van der Waals surface area contributed by atoms with E-state index in [-0.39, 0.29) is 24.3 Å². The number of aliphatic carboxylic acids is 2. The number of thiol groups is 1. The first-order valence-corrected chi connectivity index (χ1v) is 21.0. The molecule has 8 amide bonds. The lowest BCUT2D eigenvalue weighted by Gasteiger charge is -2.27. The van der Waals surface area contributed by atoms with Crippen LogP contribution in [0.4, 0.5) is 0 Å². The zero-order valence-corrected chi connectivity index (χ0v) is 37.1. The largest absolute Gasteiger partial charge is 0.508 e. The van der Waals surface area contributed by atoms with E-state index in [2.05, 4.69) is 55.2 Å². The maximum absolute atomic E-state index is 13.5. The van der Waals surface area contributed by atoms with Crippen LogP contribution in [0.1, 0.15) is 38.3 Å². The molecule has 24 nitrogen and oxygen atoms in total. The fourth-order valence-electron chi connectivity index (χ4n) is 5.89. The van der Waals surface area contributed by atoms with E-state index in [1.54, 1.807) is 30.3 Å². The first-order valence-electron chi connectivity index (χ1n) is 20.3. The summed E-state index contributed by atoms with van der Waals surface area (Å²) in [5.74, 6) is -12.0. The van der Waals surface area contributed by atoms with Gasteiger partial charge in [0.25, 0.3) is 0 Å². The van der Waals surface area contributed by atoms with Crippen LogP contribution in [0.15, 0.2) is 54.6 Å². The molecule has 0 saturated heterocycles. The molecule has 0 aliphatic carbocycles. The number of phenols is 1. The summed E-state index contributed by atoms with van der Waals surface area (Å²) in [5, 5.41) is 67.0. The van der Waals surface area contributed by atoms with Gasteiger partial charge < -0.3 is 73.8 Å². The van der Waals surface area contributed by atoms with Crippen molar-refractivity contribution in [1.29, 1.82) is 0 Å². The second kappa shape index (κ2) is 27.5. The number of carbonyl (C=O) groups excluding carboxylic acids is 8. The summed E-state index contributed by atoms with van der Waals surface area (Å²) in [5.41, 5.74) is 6.25. The van der Waals surface area contributed by atoms with Crippen molar-refractivity contribution in [2.45, 2.75) is 88.4 Å². The van der Waals surface area contributed by atoms with Gasteiger partial charge in [-0.15, -0.1) is 0 Å². The Kier molecular flexibility index (Phi) is 23.0. The van der Waals surface area contributed by atoms with E-state index in [0.717, 1.165) is 0 Å². The molecule has 0 aliphatic heterocycles. The van der Waals surface area contributed by atoms with Crippen LogP contribution in [0.3, 0.4) is 0 Å². The zero-order valence-electron chi connectivity index (χ0n) is 36.2. The topological polar surface area (TPSA) is 394 Å². The molecule has 0 aromatic heterocycles. The van der Waals surface area contributed by atoms with E-state index in [4.69, 9.17) is 10.8 Å². The van der Waals surface area contributed by atoms with Gasteiger partial charge in [0.15, 0.2) is 0 Å². The summed E-state index contributed by atoms with van der Waals surface area (Å²) in [6, 6.07) is 1.74. The van der Waals surface area contributed by atoms with Gasteiger partial charge in [-0.1, -0.05) is 56.3 Å². The molecule has 8 atom stereocenters. The Morgan fingerprint density at radius 1 is 0.545 bits per heavy atom. The Labute approximate surface area is 384 Å². The lowest BCUT2D eigenvalue weighted by molar-refractivity contribution is -0.142. The van der Waals surface area contributed by atoms with Crippen molar-refractivity contribution in [2.24, 2.45) is 11.7 Å². The van der Waals surface area contributed by atoms with Gasteiger partial charge >= 0.3 is 11.9 Å². The highest BCUT2D eigenvalue weighted by molar-refractivity contribution is 7.80. The number of aliphatic hydroxyl groups excluding tert-OH is 2. The smallest absolute Gasteiger partial charge is 0.326 e. The van der Waals surface area contributed by atoms with E-state index >= 15 is 0 Å². The Hall–Kier alpha value is -6.83. The molecule has 0 aliphatic rings. The third-order valence-corrected chi connectivity index (χ3v) is 9.93. The van der Waals surface area contributed by atoms with Gasteiger partial charge in [0.2, 0.25) is 47.3 Å². The third-order valence-electron chi connectivity index (χ3n) is 9.57. The highest BCUT2D eigenvalue weighted by Crippen LogP contribution is 2.13. The molecular weight excluding hydrogens is 891 g/mol. The summed E-state index contributed by atoms with van der Waals surface area (Å²) >= 11 is 4.11. The number of aromatic hydroxyl groups is 1. The highest BCUT2D eigenvalue weighted by Gasteiger charge is 2.35. The SMILES string of the molecule is CC(C)[C@H](NC(=O)[C@H](CO)NC(=O)[C@H](CC(=O)O)NC(=O)CN)C(=O)N[C@@H](CS)C(=O)N[C@@H](C)C(=O)N[C@@H](CO)C(=O)N[C@@H](Cc1ccc(O)cc1)C(=O)N[C@@H](Cc1ccccc1)C(=O)O. The number of amides is 8. The van der Waals surface area contributed by atoms with Crippen molar-refractivity contribution in [3.8, 4) is 5.75 Å². The predicted octanol–water partition coefficient (Wildman–Crippen LogP) is -4.84. The first-order chi connectivity index (χ1) is 31.1. The Morgan fingerprint density at radius 2 is 1.00 bits per heavy atom. The van der Waals surface area contributed by atoms with Crippen LogP contribution in [0, 0.1) is 5.92 Å². The molecule has 0 unspecified atom stereocenters. The van der Waals surface area contributed by atoms with Crippen molar-refractivity contribution >= 4 is 71.8 Å². The average molecular weight is 948 g/mol. The monoisotopic (exact) mass is 947 g/mol. The Morgan fingerprint density at radius 3 is 1.52 bits per heavy atom. The molecule has 25 heteroatoms. The number of benzene rings is 2. The number of rotatable bonds is 27. The zero-order chi connectivity index (χ0) is 49.7. The molecule has 2 aromatic carbocycles. The number of hydrogen-bond acceptors (Lipinski definition) is 15. The highest BCUT2D eigenvalue weighted by atomic mass is 32.1. The fraction of sp³-hybridized carbons (Fsp3) is 0.463. The van der Waals surface area contributed by atoms with Crippen LogP contribution in [0.5, 0.6) is 5.75 Å². The first kappa shape index (κ1) is 55.3. The molecule has 362 valence electrons. The number of aliphatic hydroxyl groups is 2. The van der Waals surface area contributed by atoms with Crippen molar-refractivity contribution in [1.82, 2.24) is 42.5 Å². The molecule has 0 fully saturated rings. The van der Waals surface area contributed by atoms with Gasteiger partial charge in [0.1, 0.15) is 54.1 Å². The van der Waals surface area contributed by atoms with Crippen LogP contribution in [0.25, 0.3) is 0 Å². The van der Waals surface area contributed by atoms with Crippen LogP contribution in [-0.4, -0.2) is 159 Å². The number of nitrogens with two attached hydrogens (primary N) is 1. The third kappa shape index (κ3) is 18.3. The Bertz CT molecular complexity index is 2030. The normalized spacial score (nSPS) is 14.5. The minimum absolute atomic E-state index is 0.0877. The summed E-state index contributed by atoms with van der Waals surface area (Å²) in [6.07, 6.45) is -1.20. The van der Waals surface area contributed by atoms with Crippen molar-refractivity contribution in [3.63, 3.8) is 0 Å². The van der Waals surface area contributed by atoms with Gasteiger partial charge in [-0.25, -0.2) is 4.79 Å². The van der Waals surface area contributed by atoms with E-state index < -0.39 is 140 Å². The molecule has 0 radical (unpaired) electrons. The summed E-state index contributed by atoms with van der Waals surface area (Å²) < 4.78 is 0. The lowest BCUT2D eigenvalue weighted by Crippen LogP contribution is -2.61. The average Bonchev–Trinajstić information content (AvgIpc) is 3.27. The van der Waals surface area contributed by atoms with E-state index in [0.29, 0.717) is 11.1 Å². The predicted molar refractivity (Wildman–Crippen MR) is 235 cm³/mol. The molecule has 0 bridgehead atoms. The van der Waals surface area contributed by atoms with E-state index in [1.165, 1.54) is 45.0 Å². The second-order valence-electron chi connectivity index (χ2n) is 15.1. The van der Waals surface area contributed by atoms with Gasteiger partial charge in [0, 0.05) is 18.6 Å². The van der Waals surface area contributed by atoms with Gasteiger partial charge in [-0.3, -0.25) is 43.2 Å². The van der Waals surface area contributed by atoms with Crippen LogP contribution >= 0.6 is 12.6 Å². The van der Waals surface area contributed by atoms with Crippen LogP contribution in [0.2, 0.25) is 0 Å². The van der Waals surface area contributed by atoms with Gasteiger partial charge in [0.05, 0.1) is 26.2 Å². The minimum atomic E-state index is -1.73. The number of phenolic OH excluding ortho intramolecular Hbond substituents is 1. The second-order valence-corrected chi connectivity index (χ2v) is 15.5. The summed E-state index contributed by atoms with van der Waals surface area (Å²) in [6.45, 7) is 1.64. The standard InChI is InChI=1S/C41H57N9O15S/c1-20(2)33(50-38(61)29(18-52)48-36(59)26(15-32(55)56)44-31(54)16-42)40(63)49-30(19-66)39(62)43-21(3)34(57)47-28(17-51)37(60)45-25(13-23-9-11-24(53)12-10-23)35(58)46-27(41(64)65)14-22-7-5-4-6-8-22/h4-12,20-21,25-30,33,51-53,66H,13-19,42H2,1-3H3,(H,43,62)(H,44,54)(H,45,60)(H,46,58)(H,47,57)(H,48,59)(H,49,63)(H,50,61)(H,55,56)(H,64,65)/t21-,25-,26-,27-,28-,29-,30-,33-/m0/s1. The molecule has 2 aromatic rings. The lowest BCUT2D eigenvalue weighted by atomic mass is 10.0. The summed E-state index contributed by atoms with van der Waals surface area (Å²) in [4.78, 5) is 128. The molecule has 0 spiro atoms. The van der Waals surface area contributed by atoms with Crippen molar-refractivity contribution in [3.05, 3.63) is 65.7 Å². The number of carbonyl (C=O) groups is 10. The Balaban J connectivity index is 2.13. The maximum Gasteiger partial charge on any atom is 0.326 e. The van der Waals surface area contributed by atoms with Crippen molar-refractivity contribution < 1.29 is 73.5 Å². The maximum atomic E-state index is 13.5. The number of nitrogens with one attached hydrogen (secondary N) is 8. The van der Waals surface area contributed by atoms with Crippen LogP contribution in [-0.2, 0) is 60.8 Å². The number of carboxylic acid groups (broad SMARTS) is 2. The molecule has 2 rings (SSSR count). The minimum Gasteiger partial charge on any atom is -0.508 e. The van der Waals surface area contributed by atoms with Gasteiger partial charge in [-0.2, -0.15) is 12.6 Å². The van der Waals surface area contributed by atoms with E-state index in [1.807, 2.05) is 0 Å². The fourth-order valence-corrected chi connectivity index (χ4v) is 6.15. The number of carboxylic acids is 2. The molecule has 15 N–H and O–H groups in total. The van der Waals surface area contributed by atoms with E-state index in [9.17, 15) is 68.4 Å². The molecule has 0 saturated carbocycles. The molecule has 66 heavy (non-hydrogen) atoms.